The molecule has 0 N–H and O–H groups in total. The van der Waals surface area contributed by atoms with Gasteiger partial charge >= 0.3 is 0 Å². The van der Waals surface area contributed by atoms with E-state index in [4.69, 9.17) is 4.52 Å². The van der Waals surface area contributed by atoms with Gasteiger partial charge in [-0.05, 0) is 23.8 Å². The molecule has 3 heterocycles. The van der Waals surface area contributed by atoms with Crippen molar-refractivity contribution in [3.05, 3.63) is 22.7 Å². The Balaban J connectivity index is 1.27. The van der Waals surface area contributed by atoms with E-state index in [-0.39, 0.29) is 11.8 Å². The molecule has 2 aromatic rings. The van der Waals surface area contributed by atoms with Gasteiger partial charge in [0.2, 0.25) is 17.6 Å². The summed E-state index contributed by atoms with van der Waals surface area (Å²) in [7, 11) is 0. The largest absolute Gasteiger partial charge is 0.341 e. The van der Waals surface area contributed by atoms with Gasteiger partial charge < -0.3 is 9.42 Å². The van der Waals surface area contributed by atoms with Gasteiger partial charge in [-0.3, -0.25) is 4.79 Å². The van der Waals surface area contributed by atoms with Crippen molar-refractivity contribution in [1.29, 1.82) is 0 Å². The average Bonchev–Trinajstić information content (AvgIpc) is 3.24. The maximum atomic E-state index is 12.2. The maximum Gasteiger partial charge on any atom is 0.233 e. The number of amides is 1. The predicted octanol–water partition coefficient (Wildman–Crippen LogP) is 3.69. The van der Waals surface area contributed by atoms with Crippen molar-refractivity contribution in [3.8, 4) is 11.4 Å². The van der Waals surface area contributed by atoms with Crippen molar-refractivity contribution in [3.63, 3.8) is 0 Å². The Labute approximate surface area is 139 Å². The number of aromatic nitrogens is 2. The fraction of sp³-hybridized carbons (Fsp3) is 0.588. The highest BCUT2D eigenvalue weighted by molar-refractivity contribution is 7.08. The van der Waals surface area contributed by atoms with E-state index in [0.717, 1.165) is 31.0 Å². The van der Waals surface area contributed by atoms with Gasteiger partial charge in [-0.2, -0.15) is 16.3 Å². The Bertz CT molecular complexity index is 655. The third-order valence-corrected chi connectivity index (χ3v) is 5.73. The number of rotatable bonds is 5. The van der Waals surface area contributed by atoms with Crippen molar-refractivity contribution in [2.75, 3.05) is 13.1 Å². The molecule has 1 aliphatic heterocycles. The number of hydrogen-bond acceptors (Lipinski definition) is 5. The van der Waals surface area contributed by atoms with E-state index in [1.165, 1.54) is 25.7 Å². The summed E-state index contributed by atoms with van der Waals surface area (Å²) < 4.78 is 5.37. The van der Waals surface area contributed by atoms with E-state index in [1.807, 2.05) is 21.7 Å². The zero-order valence-corrected chi connectivity index (χ0v) is 13.9. The number of likely N-dealkylation sites (tertiary alicyclic amines) is 1. The average molecular weight is 331 g/mol. The van der Waals surface area contributed by atoms with Crippen LogP contribution in [0.5, 0.6) is 0 Å². The molecule has 2 aromatic heterocycles. The van der Waals surface area contributed by atoms with Crippen LogP contribution in [0.1, 0.15) is 50.3 Å². The molecule has 0 unspecified atom stereocenters. The van der Waals surface area contributed by atoms with Crippen molar-refractivity contribution in [2.45, 2.75) is 44.4 Å². The Morgan fingerprint density at radius 1 is 1.35 bits per heavy atom. The second kappa shape index (κ2) is 6.43. The third-order valence-electron chi connectivity index (χ3n) is 5.05. The second-order valence-corrected chi connectivity index (χ2v) is 7.43. The van der Waals surface area contributed by atoms with Crippen LogP contribution in [-0.4, -0.2) is 34.0 Å². The van der Waals surface area contributed by atoms with Crippen molar-refractivity contribution >= 4 is 17.2 Å². The van der Waals surface area contributed by atoms with Crippen LogP contribution in [0.4, 0.5) is 0 Å². The molecule has 0 aromatic carbocycles. The molecule has 1 saturated carbocycles. The van der Waals surface area contributed by atoms with E-state index < -0.39 is 0 Å². The molecule has 4 rings (SSSR count). The Morgan fingerprint density at radius 3 is 2.91 bits per heavy atom. The summed E-state index contributed by atoms with van der Waals surface area (Å²) in [5.74, 6) is 2.56. The first-order valence-corrected chi connectivity index (χ1v) is 9.38. The second-order valence-electron chi connectivity index (χ2n) is 6.65. The first-order chi connectivity index (χ1) is 11.3. The van der Waals surface area contributed by atoms with Crippen LogP contribution in [0.15, 0.2) is 21.3 Å². The van der Waals surface area contributed by atoms with Crippen LogP contribution in [0, 0.1) is 5.92 Å². The quantitative estimate of drug-likeness (QED) is 0.838. The van der Waals surface area contributed by atoms with Gasteiger partial charge in [0.15, 0.2) is 0 Å². The van der Waals surface area contributed by atoms with Crippen molar-refractivity contribution in [2.24, 2.45) is 5.92 Å². The van der Waals surface area contributed by atoms with E-state index in [9.17, 15) is 4.79 Å². The van der Waals surface area contributed by atoms with Gasteiger partial charge in [0, 0.05) is 30.5 Å². The maximum absolute atomic E-state index is 12.2. The lowest BCUT2D eigenvalue weighted by Gasteiger charge is -2.37. The third kappa shape index (κ3) is 3.17. The number of hydrogen-bond donors (Lipinski definition) is 0. The zero-order valence-electron chi connectivity index (χ0n) is 13.1. The fourth-order valence-corrected chi connectivity index (χ4v) is 4.17. The Kier molecular flexibility index (Phi) is 4.16. The molecule has 0 bridgehead atoms. The van der Waals surface area contributed by atoms with Crippen LogP contribution in [0.3, 0.4) is 0 Å². The number of thiophene rings is 1. The standard InChI is InChI=1S/C17H21N3O2S/c21-15(6-5-12-3-1-2-4-12)20-9-14(10-20)17-18-16(19-22-17)13-7-8-23-11-13/h7-8,11-12,14H,1-6,9-10H2. The van der Waals surface area contributed by atoms with Gasteiger partial charge in [0.1, 0.15) is 0 Å². The van der Waals surface area contributed by atoms with Gasteiger partial charge in [-0.15, -0.1) is 0 Å². The first-order valence-electron chi connectivity index (χ1n) is 8.43. The van der Waals surface area contributed by atoms with Gasteiger partial charge in [-0.25, -0.2) is 0 Å². The van der Waals surface area contributed by atoms with Gasteiger partial charge in [0.25, 0.3) is 0 Å². The Hall–Kier alpha value is -1.69. The summed E-state index contributed by atoms with van der Waals surface area (Å²) in [6.45, 7) is 1.43. The summed E-state index contributed by atoms with van der Waals surface area (Å²) in [6, 6.07) is 1.99. The topological polar surface area (TPSA) is 59.2 Å². The minimum Gasteiger partial charge on any atom is -0.341 e. The van der Waals surface area contributed by atoms with E-state index >= 15 is 0 Å². The zero-order chi connectivity index (χ0) is 15.6. The number of carbonyl (C=O) groups is 1. The molecule has 2 aliphatic rings. The van der Waals surface area contributed by atoms with Crippen molar-refractivity contribution in [1.82, 2.24) is 15.0 Å². The van der Waals surface area contributed by atoms with E-state index in [0.29, 0.717) is 18.1 Å². The lowest BCUT2D eigenvalue weighted by atomic mass is 9.97. The predicted molar refractivity (Wildman–Crippen MR) is 88.1 cm³/mol. The minimum atomic E-state index is 0.199. The smallest absolute Gasteiger partial charge is 0.233 e. The summed E-state index contributed by atoms with van der Waals surface area (Å²) >= 11 is 1.62. The fourth-order valence-electron chi connectivity index (χ4n) is 3.53. The summed E-state index contributed by atoms with van der Waals surface area (Å²) in [5, 5.41) is 8.04. The Morgan fingerprint density at radius 2 is 2.17 bits per heavy atom. The molecule has 1 amide bonds. The summed E-state index contributed by atoms with van der Waals surface area (Å²) in [6.07, 6.45) is 7.05. The highest BCUT2D eigenvalue weighted by Gasteiger charge is 2.35. The molecule has 6 heteroatoms. The van der Waals surface area contributed by atoms with Gasteiger partial charge in [0.05, 0.1) is 5.92 Å². The van der Waals surface area contributed by atoms with Crippen LogP contribution in [-0.2, 0) is 4.79 Å². The van der Waals surface area contributed by atoms with Crippen LogP contribution >= 0.6 is 11.3 Å². The molecule has 1 saturated heterocycles. The summed E-state index contributed by atoms with van der Waals surface area (Å²) in [5.41, 5.74) is 0.994. The van der Waals surface area contributed by atoms with E-state index in [1.54, 1.807) is 11.3 Å². The molecule has 2 fully saturated rings. The number of nitrogens with zero attached hydrogens (tertiary/aromatic N) is 3. The molecule has 23 heavy (non-hydrogen) atoms. The highest BCUT2D eigenvalue weighted by atomic mass is 32.1. The molecule has 0 radical (unpaired) electrons. The lowest BCUT2D eigenvalue weighted by molar-refractivity contribution is -0.136. The van der Waals surface area contributed by atoms with Crippen LogP contribution < -0.4 is 0 Å². The van der Waals surface area contributed by atoms with Crippen LogP contribution in [0.2, 0.25) is 0 Å². The van der Waals surface area contributed by atoms with Crippen LogP contribution in [0.25, 0.3) is 11.4 Å². The molecular weight excluding hydrogens is 310 g/mol. The van der Waals surface area contributed by atoms with E-state index in [2.05, 4.69) is 10.1 Å². The molecule has 0 atom stereocenters. The van der Waals surface area contributed by atoms with Gasteiger partial charge in [-0.1, -0.05) is 30.8 Å². The number of carbonyl (C=O) groups excluding carboxylic acids is 1. The molecule has 122 valence electrons. The first kappa shape index (κ1) is 14.9. The lowest BCUT2D eigenvalue weighted by Crippen LogP contribution is -2.48. The molecule has 1 aliphatic carbocycles. The monoisotopic (exact) mass is 331 g/mol. The molecule has 0 spiro atoms. The normalized spacial score (nSPS) is 19.2. The SMILES string of the molecule is O=C(CCC1CCCC1)N1CC(c2nc(-c3ccsc3)no2)C1. The summed E-state index contributed by atoms with van der Waals surface area (Å²) in [4.78, 5) is 18.6. The molecule has 5 nitrogen and oxygen atoms in total. The molecular formula is C17H21N3O2S. The minimum absolute atomic E-state index is 0.199. The van der Waals surface area contributed by atoms with Crippen molar-refractivity contribution < 1.29 is 9.32 Å². The highest BCUT2D eigenvalue weighted by Crippen LogP contribution is 2.31.